The van der Waals surface area contributed by atoms with Gasteiger partial charge in [0, 0.05) is 19.2 Å². The number of likely N-dealkylation sites (N-methyl/N-ethyl adjacent to an activating group) is 1. The summed E-state index contributed by atoms with van der Waals surface area (Å²) in [6.07, 6.45) is 0. The number of ether oxygens (including phenoxy) is 1. The molecule has 2 aromatic carbocycles. The monoisotopic (exact) mass is 393 g/mol. The second kappa shape index (κ2) is 8.96. The molecule has 0 aliphatic heterocycles. The van der Waals surface area contributed by atoms with Crippen LogP contribution in [-0.2, 0) is 11.3 Å². The van der Waals surface area contributed by atoms with Crippen molar-refractivity contribution < 1.29 is 23.1 Å². The molecule has 0 saturated heterocycles. The number of rotatable bonds is 6. The molecule has 0 saturated carbocycles. The van der Waals surface area contributed by atoms with Crippen molar-refractivity contribution in [3.05, 3.63) is 63.7 Å². The highest BCUT2D eigenvalue weighted by molar-refractivity contribution is 6.31. The molecule has 0 atom stereocenters. The van der Waals surface area contributed by atoms with Crippen LogP contribution in [0.3, 0.4) is 0 Å². The molecule has 0 unspecified atom stereocenters. The van der Waals surface area contributed by atoms with E-state index in [2.05, 4.69) is 10.6 Å². The van der Waals surface area contributed by atoms with Gasteiger partial charge in [-0.1, -0.05) is 17.7 Å². The largest absolute Gasteiger partial charge is 0.483 e. The Bertz CT molecular complexity index is 929. The number of hydrogen-bond acceptors (Lipinski definition) is 4. The van der Waals surface area contributed by atoms with E-state index in [0.717, 1.165) is 12.1 Å². The topological polar surface area (TPSA) is 91.2 Å². The van der Waals surface area contributed by atoms with Crippen LogP contribution in [0.2, 0.25) is 5.02 Å². The molecule has 0 aliphatic carbocycles. The molecule has 0 bridgehead atoms. The molecule has 0 radical (unpaired) electrons. The quantitative estimate of drug-likeness (QED) is 0.738. The van der Waals surface area contributed by atoms with Crippen LogP contribution in [0.5, 0.6) is 5.75 Å². The fraction of sp³-hybridized carbons (Fsp3) is 0.167. The number of amides is 2. The first-order valence-corrected chi connectivity index (χ1v) is 8.03. The van der Waals surface area contributed by atoms with Crippen LogP contribution >= 0.6 is 11.6 Å². The molecule has 2 N–H and O–H groups in total. The Hall–Kier alpha value is -3.18. The minimum Gasteiger partial charge on any atom is -0.483 e. The van der Waals surface area contributed by atoms with Gasteiger partial charge >= 0.3 is 0 Å². The zero-order valence-electron chi connectivity index (χ0n) is 14.1. The molecule has 0 fully saturated rings. The second-order valence-corrected chi connectivity index (χ2v) is 5.68. The van der Waals surface area contributed by atoms with Gasteiger partial charge < -0.3 is 15.4 Å². The molecule has 2 rings (SSSR count). The van der Waals surface area contributed by atoms with E-state index in [1.165, 1.54) is 25.2 Å². The fourth-order valence-electron chi connectivity index (χ4n) is 2.09. The summed E-state index contributed by atoms with van der Waals surface area (Å²) in [5.74, 6) is -3.10. The molecular weight excluding hydrogens is 380 g/mol. The fourth-order valence-corrected chi connectivity index (χ4v) is 2.26. The standard InChI is InChI=1S/C18H14ClF2N3O3/c1-23-15(25)9-27-14-6-10(7-22)2-3-11(14)8-24-18(26)12-4-5-13(20)16(19)17(12)21/h2-6H,8-9H2,1H3,(H,23,25)(H,24,26). The highest BCUT2D eigenvalue weighted by Gasteiger charge is 2.18. The third kappa shape index (κ3) is 4.92. The summed E-state index contributed by atoms with van der Waals surface area (Å²) >= 11 is 5.47. The first-order valence-electron chi connectivity index (χ1n) is 7.65. The van der Waals surface area contributed by atoms with E-state index in [0.29, 0.717) is 11.1 Å². The van der Waals surface area contributed by atoms with E-state index in [1.54, 1.807) is 0 Å². The highest BCUT2D eigenvalue weighted by atomic mass is 35.5. The number of hydrogen-bond donors (Lipinski definition) is 2. The zero-order valence-corrected chi connectivity index (χ0v) is 14.9. The smallest absolute Gasteiger partial charge is 0.257 e. The van der Waals surface area contributed by atoms with Crippen molar-refractivity contribution in [1.29, 1.82) is 5.26 Å². The molecule has 2 aromatic rings. The molecule has 0 aromatic heterocycles. The van der Waals surface area contributed by atoms with Gasteiger partial charge in [0.1, 0.15) is 16.6 Å². The van der Waals surface area contributed by atoms with Gasteiger partial charge in [-0.05, 0) is 24.3 Å². The predicted octanol–water partition coefficient (Wildman–Crippen LogP) is 2.54. The van der Waals surface area contributed by atoms with Gasteiger partial charge in [0.15, 0.2) is 12.4 Å². The van der Waals surface area contributed by atoms with Crippen LogP contribution in [0.4, 0.5) is 8.78 Å². The molecule has 6 nitrogen and oxygen atoms in total. The highest BCUT2D eigenvalue weighted by Crippen LogP contribution is 2.23. The van der Waals surface area contributed by atoms with Gasteiger partial charge in [0.25, 0.3) is 11.8 Å². The maximum absolute atomic E-state index is 13.9. The lowest BCUT2D eigenvalue weighted by molar-refractivity contribution is -0.122. The zero-order chi connectivity index (χ0) is 20.0. The van der Waals surface area contributed by atoms with Crippen molar-refractivity contribution in [1.82, 2.24) is 10.6 Å². The summed E-state index contributed by atoms with van der Waals surface area (Å²) in [4.78, 5) is 23.5. The van der Waals surface area contributed by atoms with Crippen molar-refractivity contribution in [3.63, 3.8) is 0 Å². The average molecular weight is 394 g/mol. The molecule has 2 amide bonds. The predicted molar refractivity (Wildman–Crippen MR) is 93.3 cm³/mol. The Labute approximate surface area is 158 Å². The average Bonchev–Trinajstić information content (AvgIpc) is 2.68. The van der Waals surface area contributed by atoms with Gasteiger partial charge in [0.2, 0.25) is 0 Å². The van der Waals surface area contributed by atoms with Gasteiger partial charge in [-0.3, -0.25) is 9.59 Å². The van der Waals surface area contributed by atoms with Crippen molar-refractivity contribution in [3.8, 4) is 11.8 Å². The SMILES string of the molecule is CNC(=O)COc1cc(C#N)ccc1CNC(=O)c1ccc(F)c(Cl)c1F. The van der Waals surface area contributed by atoms with E-state index in [4.69, 9.17) is 21.6 Å². The van der Waals surface area contributed by atoms with E-state index in [1.807, 2.05) is 6.07 Å². The lowest BCUT2D eigenvalue weighted by Crippen LogP contribution is -2.26. The summed E-state index contributed by atoms with van der Waals surface area (Å²) in [6.45, 7) is -0.365. The second-order valence-electron chi connectivity index (χ2n) is 5.30. The summed E-state index contributed by atoms with van der Waals surface area (Å²) < 4.78 is 32.5. The van der Waals surface area contributed by atoms with E-state index in [-0.39, 0.29) is 24.8 Å². The summed E-state index contributed by atoms with van der Waals surface area (Å²) in [7, 11) is 1.45. The Morgan fingerprint density at radius 3 is 2.67 bits per heavy atom. The molecule has 9 heteroatoms. The number of nitriles is 1. The molecule has 27 heavy (non-hydrogen) atoms. The normalized spacial score (nSPS) is 10.0. The van der Waals surface area contributed by atoms with E-state index >= 15 is 0 Å². The van der Waals surface area contributed by atoms with Crippen LogP contribution in [0.1, 0.15) is 21.5 Å². The third-order valence-electron chi connectivity index (χ3n) is 3.55. The lowest BCUT2D eigenvalue weighted by Gasteiger charge is -2.13. The first kappa shape index (κ1) is 20.1. The van der Waals surface area contributed by atoms with Gasteiger partial charge in [-0.25, -0.2) is 8.78 Å². The van der Waals surface area contributed by atoms with Crippen LogP contribution < -0.4 is 15.4 Å². The Balaban J connectivity index is 2.17. The minimum atomic E-state index is -1.16. The number of halogens is 3. The summed E-state index contributed by atoms with van der Waals surface area (Å²) in [5.41, 5.74) is 0.344. The molecule has 140 valence electrons. The molecule has 0 aliphatic rings. The van der Waals surface area contributed by atoms with Gasteiger partial charge in [0.05, 0.1) is 17.2 Å². The number of carbonyl (C=O) groups is 2. The minimum absolute atomic E-state index is 0.0813. The maximum Gasteiger partial charge on any atom is 0.257 e. The molecule has 0 heterocycles. The number of nitrogens with one attached hydrogen (secondary N) is 2. The van der Waals surface area contributed by atoms with Crippen molar-refractivity contribution in [2.24, 2.45) is 0 Å². The van der Waals surface area contributed by atoms with E-state index in [9.17, 15) is 18.4 Å². The van der Waals surface area contributed by atoms with Gasteiger partial charge in [-0.15, -0.1) is 0 Å². The van der Waals surface area contributed by atoms with E-state index < -0.39 is 28.1 Å². The third-order valence-corrected chi connectivity index (χ3v) is 3.90. The lowest BCUT2D eigenvalue weighted by atomic mass is 10.1. The summed E-state index contributed by atoms with van der Waals surface area (Å²) in [5, 5.41) is 13.1. The van der Waals surface area contributed by atoms with Crippen LogP contribution in [-0.4, -0.2) is 25.5 Å². The first-order chi connectivity index (χ1) is 12.9. The molecular formula is C18H14ClF2N3O3. The maximum atomic E-state index is 13.9. The number of carbonyl (C=O) groups excluding carboxylic acids is 2. The Morgan fingerprint density at radius 2 is 2.00 bits per heavy atom. The van der Waals surface area contributed by atoms with Crippen molar-refractivity contribution >= 4 is 23.4 Å². The summed E-state index contributed by atoms with van der Waals surface area (Å²) in [6, 6.07) is 8.26. The van der Waals surface area contributed by atoms with Crippen molar-refractivity contribution in [2.45, 2.75) is 6.54 Å². The van der Waals surface area contributed by atoms with Crippen molar-refractivity contribution in [2.75, 3.05) is 13.7 Å². The number of nitrogens with zero attached hydrogens (tertiary/aromatic N) is 1. The Morgan fingerprint density at radius 1 is 1.26 bits per heavy atom. The molecule has 0 spiro atoms. The van der Waals surface area contributed by atoms with Gasteiger partial charge in [-0.2, -0.15) is 5.26 Å². The number of benzene rings is 2. The van der Waals surface area contributed by atoms with Crippen LogP contribution in [0, 0.1) is 23.0 Å². The van der Waals surface area contributed by atoms with Crippen LogP contribution in [0.15, 0.2) is 30.3 Å². The van der Waals surface area contributed by atoms with Crippen LogP contribution in [0.25, 0.3) is 0 Å². The Kier molecular flexibility index (Phi) is 6.68.